The Morgan fingerprint density at radius 1 is 1.35 bits per heavy atom. The molecule has 8 heteroatoms. The van der Waals surface area contributed by atoms with Gasteiger partial charge in [0.05, 0.1) is 17.9 Å². The number of ether oxygens (including phenoxy) is 1. The molecule has 1 N–H and O–H groups in total. The summed E-state index contributed by atoms with van der Waals surface area (Å²) in [6.07, 6.45) is 1.58. The van der Waals surface area contributed by atoms with Gasteiger partial charge in [-0.3, -0.25) is 19.5 Å². The van der Waals surface area contributed by atoms with E-state index in [-0.39, 0.29) is 30.9 Å². The van der Waals surface area contributed by atoms with E-state index in [0.29, 0.717) is 11.3 Å². The lowest BCUT2D eigenvalue weighted by atomic mass is 9.87. The number of carbonyl (C=O) groups excluding carboxylic acids is 2. The van der Waals surface area contributed by atoms with Crippen molar-refractivity contribution in [3.63, 3.8) is 0 Å². The standard InChI is InChI=1S/C18H24N4O4/c1-11(2)17(5)16(24)20-18(25-9-10-26-21-12(3)4)14-13(7-6-8-19-14)15(23)22(17)18/h6-8,11H,9-10H2,1-5H3,(H,20,24). The molecule has 2 aliphatic rings. The van der Waals surface area contributed by atoms with Crippen molar-refractivity contribution in [3.05, 3.63) is 29.6 Å². The predicted octanol–water partition coefficient (Wildman–Crippen LogP) is 1.62. The first-order valence-corrected chi connectivity index (χ1v) is 8.65. The average molecular weight is 360 g/mol. The summed E-state index contributed by atoms with van der Waals surface area (Å²) < 4.78 is 6.03. The second-order valence-corrected chi connectivity index (χ2v) is 7.16. The molecule has 0 aromatic carbocycles. The minimum Gasteiger partial charge on any atom is -0.393 e. The van der Waals surface area contributed by atoms with Crippen molar-refractivity contribution in [2.24, 2.45) is 11.1 Å². The van der Waals surface area contributed by atoms with Crippen LogP contribution in [0.15, 0.2) is 23.5 Å². The molecule has 1 aromatic heterocycles. The smallest absolute Gasteiger partial charge is 0.271 e. The summed E-state index contributed by atoms with van der Waals surface area (Å²) in [6, 6.07) is 3.39. The van der Waals surface area contributed by atoms with Gasteiger partial charge in [0.1, 0.15) is 17.8 Å². The summed E-state index contributed by atoms with van der Waals surface area (Å²) in [7, 11) is 0. The molecule has 1 fully saturated rings. The third-order valence-electron chi connectivity index (χ3n) is 4.94. The number of pyridine rings is 1. The second-order valence-electron chi connectivity index (χ2n) is 7.16. The Hall–Kier alpha value is -2.48. The van der Waals surface area contributed by atoms with Crippen molar-refractivity contribution >= 4 is 17.5 Å². The van der Waals surface area contributed by atoms with Crippen LogP contribution in [0, 0.1) is 5.92 Å². The lowest BCUT2D eigenvalue weighted by Crippen LogP contribution is -2.56. The summed E-state index contributed by atoms with van der Waals surface area (Å²) in [5, 5.41) is 6.73. The molecule has 3 heterocycles. The normalized spacial score (nSPS) is 26.6. The summed E-state index contributed by atoms with van der Waals surface area (Å²) in [5.74, 6) is -2.07. The lowest BCUT2D eigenvalue weighted by Gasteiger charge is -2.39. The number of fused-ring (bicyclic) bond motifs is 3. The first-order chi connectivity index (χ1) is 12.2. The summed E-state index contributed by atoms with van der Waals surface area (Å²) >= 11 is 0. The van der Waals surface area contributed by atoms with E-state index in [4.69, 9.17) is 9.57 Å². The molecule has 0 bridgehead atoms. The zero-order valence-corrected chi connectivity index (χ0v) is 15.7. The van der Waals surface area contributed by atoms with Crippen molar-refractivity contribution in [2.75, 3.05) is 13.2 Å². The topological polar surface area (TPSA) is 93.1 Å². The van der Waals surface area contributed by atoms with Crippen LogP contribution in [0.3, 0.4) is 0 Å². The van der Waals surface area contributed by atoms with Gasteiger partial charge in [0, 0.05) is 6.20 Å². The van der Waals surface area contributed by atoms with Crippen LogP contribution in [0.1, 0.15) is 50.7 Å². The first kappa shape index (κ1) is 18.3. The molecular weight excluding hydrogens is 336 g/mol. The minimum atomic E-state index is -1.42. The number of carbonyl (C=O) groups is 2. The van der Waals surface area contributed by atoms with Crippen LogP contribution in [0.5, 0.6) is 0 Å². The second kappa shape index (κ2) is 6.35. The van der Waals surface area contributed by atoms with Crippen LogP contribution >= 0.6 is 0 Å². The molecular formula is C18H24N4O4. The molecule has 0 aliphatic carbocycles. The van der Waals surface area contributed by atoms with Crippen molar-refractivity contribution in [3.8, 4) is 0 Å². The molecule has 2 aliphatic heterocycles. The van der Waals surface area contributed by atoms with E-state index < -0.39 is 11.4 Å². The Kier molecular flexibility index (Phi) is 4.47. The monoisotopic (exact) mass is 360 g/mol. The third kappa shape index (κ3) is 2.47. The largest absolute Gasteiger partial charge is 0.393 e. The van der Waals surface area contributed by atoms with E-state index in [0.717, 1.165) is 5.71 Å². The molecule has 3 rings (SSSR count). The van der Waals surface area contributed by atoms with Crippen LogP contribution in [-0.4, -0.2) is 46.2 Å². The number of hydrogen-bond donors (Lipinski definition) is 1. The van der Waals surface area contributed by atoms with Crippen LogP contribution in [-0.2, 0) is 20.2 Å². The number of nitrogens with zero attached hydrogens (tertiary/aromatic N) is 3. The van der Waals surface area contributed by atoms with Crippen LogP contribution in [0.2, 0.25) is 0 Å². The van der Waals surface area contributed by atoms with Gasteiger partial charge in [-0.15, -0.1) is 0 Å². The molecule has 2 amide bonds. The highest BCUT2D eigenvalue weighted by Gasteiger charge is 2.68. The van der Waals surface area contributed by atoms with Gasteiger partial charge in [-0.1, -0.05) is 19.0 Å². The summed E-state index contributed by atoms with van der Waals surface area (Å²) in [6.45, 7) is 9.52. The van der Waals surface area contributed by atoms with E-state index in [9.17, 15) is 9.59 Å². The zero-order chi connectivity index (χ0) is 19.1. The molecule has 2 unspecified atom stereocenters. The molecule has 0 radical (unpaired) electrons. The Bertz CT molecular complexity index is 774. The fraction of sp³-hybridized carbons (Fsp3) is 0.556. The highest BCUT2D eigenvalue weighted by molar-refractivity contribution is 6.06. The fourth-order valence-electron chi connectivity index (χ4n) is 3.34. The number of aromatic nitrogens is 1. The molecule has 0 saturated carbocycles. The van der Waals surface area contributed by atoms with E-state index in [1.807, 2.05) is 27.7 Å². The molecule has 8 nitrogen and oxygen atoms in total. The predicted molar refractivity (Wildman–Crippen MR) is 94.2 cm³/mol. The molecule has 0 spiro atoms. The Balaban J connectivity index is 1.97. The number of rotatable bonds is 6. The minimum absolute atomic E-state index is 0.116. The van der Waals surface area contributed by atoms with Gasteiger partial charge in [-0.25, -0.2) is 0 Å². The highest BCUT2D eigenvalue weighted by Crippen LogP contribution is 2.48. The number of nitrogens with one attached hydrogen (secondary N) is 1. The van der Waals surface area contributed by atoms with Gasteiger partial charge < -0.3 is 14.9 Å². The Labute approximate surface area is 152 Å². The van der Waals surface area contributed by atoms with Crippen LogP contribution in [0.25, 0.3) is 0 Å². The van der Waals surface area contributed by atoms with E-state index in [1.54, 1.807) is 25.3 Å². The fourth-order valence-corrected chi connectivity index (χ4v) is 3.34. The van der Waals surface area contributed by atoms with Crippen molar-refractivity contribution < 1.29 is 19.2 Å². The highest BCUT2D eigenvalue weighted by atomic mass is 16.6. The Morgan fingerprint density at radius 3 is 2.73 bits per heavy atom. The van der Waals surface area contributed by atoms with Crippen molar-refractivity contribution in [1.82, 2.24) is 15.2 Å². The molecule has 26 heavy (non-hydrogen) atoms. The van der Waals surface area contributed by atoms with Gasteiger partial charge in [-0.2, -0.15) is 0 Å². The summed E-state index contributed by atoms with van der Waals surface area (Å²) in [5.41, 5.74) is 0.576. The molecule has 1 aromatic rings. The number of hydrogen-bond acceptors (Lipinski definition) is 6. The molecule has 2 atom stereocenters. The van der Waals surface area contributed by atoms with Crippen molar-refractivity contribution in [1.29, 1.82) is 0 Å². The van der Waals surface area contributed by atoms with Crippen molar-refractivity contribution in [2.45, 2.75) is 46.0 Å². The van der Waals surface area contributed by atoms with Gasteiger partial charge >= 0.3 is 0 Å². The quantitative estimate of drug-likeness (QED) is 0.473. The molecule has 1 saturated heterocycles. The van der Waals surface area contributed by atoms with E-state index >= 15 is 0 Å². The maximum atomic E-state index is 13.1. The van der Waals surface area contributed by atoms with E-state index in [2.05, 4.69) is 15.5 Å². The van der Waals surface area contributed by atoms with Gasteiger partial charge in [0.15, 0.2) is 0 Å². The number of oxime groups is 1. The van der Waals surface area contributed by atoms with E-state index in [1.165, 1.54) is 4.90 Å². The average Bonchev–Trinajstić information content (AvgIpc) is 2.97. The van der Waals surface area contributed by atoms with Crippen LogP contribution in [0.4, 0.5) is 0 Å². The maximum absolute atomic E-state index is 13.1. The number of amides is 2. The van der Waals surface area contributed by atoms with Gasteiger partial charge in [0.25, 0.3) is 11.8 Å². The summed E-state index contributed by atoms with van der Waals surface area (Å²) in [4.78, 5) is 36.9. The molecule has 140 valence electrons. The lowest BCUT2D eigenvalue weighted by molar-refractivity contribution is -0.165. The van der Waals surface area contributed by atoms with Gasteiger partial charge in [0.2, 0.25) is 5.91 Å². The zero-order valence-electron chi connectivity index (χ0n) is 15.7. The third-order valence-corrected chi connectivity index (χ3v) is 4.94. The SMILES string of the molecule is CC(C)=NOCCOC12NC(=O)C(C)(C(C)C)N1C(=O)c1cccnc12. The van der Waals surface area contributed by atoms with Gasteiger partial charge in [-0.05, 0) is 38.8 Å². The first-order valence-electron chi connectivity index (χ1n) is 8.65. The Morgan fingerprint density at radius 2 is 2.08 bits per heavy atom. The maximum Gasteiger partial charge on any atom is 0.271 e. The van der Waals surface area contributed by atoms with Crippen LogP contribution < -0.4 is 5.32 Å².